The van der Waals surface area contributed by atoms with Gasteiger partial charge in [-0.1, -0.05) is 7.43 Å². The second-order valence-electron chi connectivity index (χ2n) is 6.32. The van der Waals surface area contributed by atoms with E-state index in [4.69, 9.17) is 16.3 Å². The smallest absolute Gasteiger partial charge is 0.222 e. The molecule has 4 rings (SSSR count). The Kier molecular flexibility index (Phi) is 5.94. The molecule has 2 aromatic heterocycles. The molecule has 0 unspecified atom stereocenters. The summed E-state index contributed by atoms with van der Waals surface area (Å²) in [5.41, 5.74) is 2.67. The predicted molar refractivity (Wildman–Crippen MR) is 107 cm³/mol. The number of hydrogen-bond acceptors (Lipinski definition) is 5. The number of aromatic amines is 1. The van der Waals surface area contributed by atoms with E-state index < -0.39 is 0 Å². The number of nitrogens with one attached hydrogen (secondary N) is 1. The van der Waals surface area contributed by atoms with Crippen LogP contribution in [0.25, 0.3) is 22.2 Å². The van der Waals surface area contributed by atoms with Crippen LogP contribution in [0.1, 0.15) is 25.8 Å². The van der Waals surface area contributed by atoms with E-state index >= 15 is 0 Å². The third kappa shape index (κ3) is 4.05. The third-order valence-electron chi connectivity index (χ3n) is 4.66. The van der Waals surface area contributed by atoms with E-state index in [-0.39, 0.29) is 12.7 Å². The van der Waals surface area contributed by atoms with Crippen molar-refractivity contribution in [2.24, 2.45) is 0 Å². The van der Waals surface area contributed by atoms with Crippen LogP contribution in [0.15, 0.2) is 30.6 Å². The number of likely N-dealkylation sites (tertiary alicyclic amines) is 1. The number of H-pyrrole nitrogens is 1. The fourth-order valence-corrected chi connectivity index (χ4v) is 3.47. The van der Waals surface area contributed by atoms with Gasteiger partial charge in [0.1, 0.15) is 18.4 Å². The summed E-state index contributed by atoms with van der Waals surface area (Å²) in [6.45, 7) is 3.98. The highest BCUT2D eigenvalue weighted by atomic mass is 35.5. The molecule has 6 nitrogen and oxygen atoms in total. The zero-order valence-electron chi connectivity index (χ0n) is 14.2. The van der Waals surface area contributed by atoms with Gasteiger partial charge in [0.05, 0.1) is 17.5 Å². The fraction of sp³-hybridized carbons (Fsp3) is 0.350. The zero-order chi connectivity index (χ0) is 17.9. The lowest BCUT2D eigenvalue weighted by molar-refractivity contribution is 0.238. The molecule has 0 aliphatic carbocycles. The molecule has 0 saturated carbocycles. The molecule has 140 valence electrons. The highest BCUT2D eigenvalue weighted by Gasteiger charge is 2.14. The first-order valence-electron chi connectivity index (χ1n) is 8.64. The van der Waals surface area contributed by atoms with Crippen molar-refractivity contribution < 1.29 is 4.74 Å². The molecule has 1 aliphatic rings. The van der Waals surface area contributed by atoms with Crippen molar-refractivity contribution >= 4 is 22.5 Å². The first-order valence-corrected chi connectivity index (χ1v) is 9.02. The molecule has 0 radical (unpaired) electrons. The lowest BCUT2D eigenvalue weighted by Gasteiger charge is -2.14. The molecule has 0 spiro atoms. The van der Waals surface area contributed by atoms with E-state index in [2.05, 4.69) is 25.9 Å². The highest BCUT2D eigenvalue weighted by molar-refractivity contribution is 6.28. The summed E-state index contributed by atoms with van der Waals surface area (Å²) in [5.74, 6) is 0.825. The maximum atomic E-state index is 9.30. The molecule has 7 heteroatoms. The lowest BCUT2D eigenvalue weighted by Crippen LogP contribution is -2.25. The molecular formula is C20H22ClN5O. The van der Waals surface area contributed by atoms with Gasteiger partial charge in [0, 0.05) is 35.3 Å². The van der Waals surface area contributed by atoms with Crippen LogP contribution in [-0.4, -0.2) is 46.1 Å². The average Bonchev–Trinajstić information content (AvgIpc) is 3.31. The van der Waals surface area contributed by atoms with Gasteiger partial charge >= 0.3 is 0 Å². The number of rotatable bonds is 5. The van der Waals surface area contributed by atoms with E-state index in [1.165, 1.54) is 32.1 Å². The number of benzene rings is 1. The normalized spacial score (nSPS) is 14.1. The van der Waals surface area contributed by atoms with E-state index in [1.807, 2.05) is 24.4 Å². The largest absolute Gasteiger partial charge is 0.492 e. The van der Waals surface area contributed by atoms with Crippen molar-refractivity contribution in [1.82, 2.24) is 19.9 Å². The van der Waals surface area contributed by atoms with Gasteiger partial charge in [0.25, 0.3) is 0 Å². The molecule has 3 heterocycles. The first kappa shape index (κ1) is 19.2. The van der Waals surface area contributed by atoms with Crippen LogP contribution in [0.2, 0.25) is 5.28 Å². The number of nitrogens with zero attached hydrogens (tertiary/aromatic N) is 4. The minimum absolute atomic E-state index is 0. The Hall–Kier alpha value is -2.62. The van der Waals surface area contributed by atoms with Crippen LogP contribution in [-0.2, 0) is 0 Å². The molecule has 0 atom stereocenters. The van der Waals surface area contributed by atoms with Gasteiger partial charge in [-0.05, 0) is 49.7 Å². The monoisotopic (exact) mass is 383 g/mol. The predicted octanol–water partition coefficient (Wildman–Crippen LogP) is 4.26. The number of hydrogen-bond donors (Lipinski definition) is 1. The van der Waals surface area contributed by atoms with E-state index in [9.17, 15) is 5.26 Å². The summed E-state index contributed by atoms with van der Waals surface area (Å²) in [7, 11) is 0. The molecule has 27 heavy (non-hydrogen) atoms. The van der Waals surface area contributed by atoms with E-state index in [1.54, 1.807) is 0 Å². The summed E-state index contributed by atoms with van der Waals surface area (Å²) in [6.07, 6.45) is 5.85. The van der Waals surface area contributed by atoms with Crippen LogP contribution in [0.3, 0.4) is 0 Å². The molecule has 0 bridgehead atoms. The summed E-state index contributed by atoms with van der Waals surface area (Å²) in [6, 6.07) is 8.00. The van der Waals surface area contributed by atoms with Crippen LogP contribution in [0.4, 0.5) is 0 Å². The maximum absolute atomic E-state index is 9.30. The Balaban J connectivity index is 0.00000210. The van der Waals surface area contributed by atoms with Crippen LogP contribution in [0, 0.1) is 11.3 Å². The van der Waals surface area contributed by atoms with Crippen molar-refractivity contribution in [3.05, 3.63) is 41.4 Å². The van der Waals surface area contributed by atoms with Crippen molar-refractivity contribution in [3.63, 3.8) is 0 Å². The second-order valence-corrected chi connectivity index (χ2v) is 6.66. The Morgan fingerprint density at radius 2 is 2.11 bits per heavy atom. The van der Waals surface area contributed by atoms with Gasteiger partial charge in [-0.3, -0.25) is 4.90 Å². The number of ether oxygens (including phenoxy) is 1. The summed E-state index contributed by atoms with van der Waals surface area (Å²) in [5, 5.41) is 10.4. The molecular weight excluding hydrogens is 362 g/mol. The second kappa shape index (κ2) is 8.38. The zero-order valence-corrected chi connectivity index (χ0v) is 15.0. The minimum atomic E-state index is 0. The third-order valence-corrected chi connectivity index (χ3v) is 4.85. The Bertz CT molecular complexity index is 972. The standard InChI is InChI=1S/C19H18ClN5O.CH4/c20-19-23-11-13(10-21)18(24-19)16-12-22-17-9-14(3-4-15(16)17)26-8-7-25-5-1-2-6-25;/h3-4,9,11-12,22H,1-2,5-8H2;1H4. The van der Waals surface area contributed by atoms with Gasteiger partial charge < -0.3 is 9.72 Å². The molecule has 1 saturated heterocycles. The molecule has 1 aliphatic heterocycles. The van der Waals surface area contributed by atoms with Gasteiger partial charge in [-0.15, -0.1) is 0 Å². The van der Waals surface area contributed by atoms with Crippen LogP contribution < -0.4 is 4.74 Å². The summed E-state index contributed by atoms with van der Waals surface area (Å²) >= 11 is 5.91. The molecule has 1 aromatic carbocycles. The van der Waals surface area contributed by atoms with Crippen LogP contribution >= 0.6 is 11.6 Å². The Labute approximate surface area is 163 Å². The molecule has 3 aromatic rings. The number of nitriles is 1. The average molecular weight is 384 g/mol. The van der Waals surface area contributed by atoms with Gasteiger partial charge in [0.2, 0.25) is 5.28 Å². The van der Waals surface area contributed by atoms with Crippen LogP contribution in [0.5, 0.6) is 5.75 Å². The highest BCUT2D eigenvalue weighted by Crippen LogP contribution is 2.31. The van der Waals surface area contributed by atoms with E-state index in [0.717, 1.165) is 28.8 Å². The van der Waals surface area contributed by atoms with Gasteiger partial charge in [0.15, 0.2) is 0 Å². The van der Waals surface area contributed by atoms with Crippen molar-refractivity contribution in [2.75, 3.05) is 26.2 Å². The van der Waals surface area contributed by atoms with Gasteiger partial charge in [-0.2, -0.15) is 5.26 Å². The SMILES string of the molecule is C.N#Cc1cnc(Cl)nc1-c1c[nH]c2cc(OCCN3CCCC3)ccc12. The molecule has 1 N–H and O–H groups in total. The molecule has 0 amide bonds. The molecule has 1 fully saturated rings. The summed E-state index contributed by atoms with van der Waals surface area (Å²) < 4.78 is 5.89. The number of aromatic nitrogens is 3. The van der Waals surface area contributed by atoms with Gasteiger partial charge in [-0.25, -0.2) is 9.97 Å². The quantitative estimate of drug-likeness (QED) is 0.666. The van der Waals surface area contributed by atoms with Crippen molar-refractivity contribution in [2.45, 2.75) is 20.3 Å². The number of fused-ring (bicyclic) bond motifs is 1. The number of halogens is 1. The lowest BCUT2D eigenvalue weighted by atomic mass is 10.1. The minimum Gasteiger partial charge on any atom is -0.492 e. The Morgan fingerprint density at radius 1 is 1.30 bits per heavy atom. The first-order chi connectivity index (χ1) is 12.7. The Morgan fingerprint density at radius 3 is 2.89 bits per heavy atom. The fourth-order valence-electron chi connectivity index (χ4n) is 3.34. The van der Waals surface area contributed by atoms with Crippen molar-refractivity contribution in [1.29, 1.82) is 5.26 Å². The maximum Gasteiger partial charge on any atom is 0.222 e. The van der Waals surface area contributed by atoms with Crippen molar-refractivity contribution in [3.8, 4) is 23.1 Å². The topological polar surface area (TPSA) is 77.8 Å². The van der Waals surface area contributed by atoms with E-state index in [0.29, 0.717) is 17.9 Å². The summed E-state index contributed by atoms with van der Waals surface area (Å²) in [4.78, 5) is 13.8.